The third-order valence-electron chi connectivity index (χ3n) is 5.38. The van der Waals surface area contributed by atoms with Crippen molar-refractivity contribution in [1.82, 2.24) is 0 Å². The van der Waals surface area contributed by atoms with Gasteiger partial charge in [-0.25, -0.2) is 0 Å². The van der Waals surface area contributed by atoms with Gasteiger partial charge in [0.05, 0.1) is 12.7 Å². The smallest absolute Gasteiger partial charge is 0.0756 e. The van der Waals surface area contributed by atoms with Crippen LogP contribution < -0.4 is 0 Å². The summed E-state index contributed by atoms with van der Waals surface area (Å²) in [6.45, 7) is 3.01. The number of ether oxygens (including phenoxy) is 1. The van der Waals surface area contributed by atoms with Gasteiger partial charge in [-0.3, -0.25) is 0 Å². The lowest BCUT2D eigenvalue weighted by Crippen LogP contribution is -2.40. The zero-order valence-electron chi connectivity index (χ0n) is 15.4. The fourth-order valence-electron chi connectivity index (χ4n) is 3.84. The number of benzene rings is 2. The summed E-state index contributed by atoms with van der Waals surface area (Å²) in [6.07, 6.45) is 12.1. The largest absolute Gasteiger partial charge is 0.373 e. The van der Waals surface area contributed by atoms with Crippen LogP contribution in [0.2, 0.25) is 0 Å². The average Bonchev–Trinajstić information content (AvgIpc) is 2.70. The summed E-state index contributed by atoms with van der Waals surface area (Å²) in [5.74, 6) is 0. The molecule has 0 spiro atoms. The van der Waals surface area contributed by atoms with E-state index in [4.69, 9.17) is 4.74 Å². The van der Waals surface area contributed by atoms with Gasteiger partial charge in [-0.05, 0) is 36.8 Å². The van der Waals surface area contributed by atoms with Crippen molar-refractivity contribution in [3.63, 3.8) is 0 Å². The Morgan fingerprint density at radius 3 is 2.12 bits per heavy atom. The van der Waals surface area contributed by atoms with Crippen LogP contribution in [0, 0.1) is 0 Å². The molecule has 0 saturated carbocycles. The Morgan fingerprint density at radius 2 is 1.60 bits per heavy atom. The topological polar surface area (TPSA) is 9.23 Å². The summed E-state index contributed by atoms with van der Waals surface area (Å²) in [5, 5.41) is 0. The monoisotopic (exact) mass is 334 g/mol. The molecule has 0 aromatic heterocycles. The number of rotatable bonds is 7. The van der Waals surface area contributed by atoms with E-state index in [1.807, 2.05) is 0 Å². The van der Waals surface area contributed by atoms with Crippen molar-refractivity contribution in [2.75, 3.05) is 6.61 Å². The zero-order chi connectivity index (χ0) is 17.4. The maximum atomic E-state index is 6.32. The maximum Gasteiger partial charge on any atom is 0.0756 e. The van der Waals surface area contributed by atoms with Crippen molar-refractivity contribution in [2.24, 2.45) is 0 Å². The first kappa shape index (κ1) is 17.9. The van der Waals surface area contributed by atoms with E-state index < -0.39 is 0 Å². The molecule has 3 rings (SSSR count). The molecule has 1 atom stereocenters. The number of hydrogen-bond acceptors (Lipinski definition) is 1. The second kappa shape index (κ2) is 9.01. The quantitative estimate of drug-likeness (QED) is 0.427. The molecular formula is C24H30O. The molecule has 1 aliphatic rings. The lowest BCUT2D eigenvalue weighted by Gasteiger charge is -2.40. The highest BCUT2D eigenvalue weighted by atomic mass is 16.5. The normalized spacial score (nSPS) is 20.0. The Hall–Kier alpha value is -1.86. The Balaban J connectivity index is 1.72. The van der Waals surface area contributed by atoms with Crippen LogP contribution in [0.25, 0.3) is 0 Å². The highest BCUT2D eigenvalue weighted by Crippen LogP contribution is 2.41. The van der Waals surface area contributed by atoms with Crippen LogP contribution in [0.1, 0.15) is 56.6 Å². The first-order chi connectivity index (χ1) is 12.3. The fourth-order valence-corrected chi connectivity index (χ4v) is 3.84. The molecule has 1 nitrogen and oxygen atoms in total. The number of unbranched alkanes of at least 4 members (excludes halogenated alkanes) is 3. The van der Waals surface area contributed by atoms with E-state index in [1.165, 1.54) is 36.8 Å². The number of allylic oxidation sites excluding steroid dienone is 1. The maximum absolute atomic E-state index is 6.32. The molecule has 1 saturated heterocycles. The molecule has 1 fully saturated rings. The van der Waals surface area contributed by atoms with E-state index >= 15 is 0 Å². The Labute approximate surface area is 152 Å². The zero-order valence-corrected chi connectivity index (χ0v) is 15.4. The van der Waals surface area contributed by atoms with Crippen molar-refractivity contribution in [1.29, 1.82) is 0 Å². The van der Waals surface area contributed by atoms with Gasteiger partial charge < -0.3 is 4.74 Å². The third kappa shape index (κ3) is 4.41. The van der Waals surface area contributed by atoms with Crippen LogP contribution in [0.4, 0.5) is 0 Å². The predicted molar refractivity (Wildman–Crippen MR) is 106 cm³/mol. The summed E-state index contributed by atoms with van der Waals surface area (Å²) >= 11 is 0. The van der Waals surface area contributed by atoms with E-state index in [0.717, 1.165) is 19.4 Å². The summed E-state index contributed by atoms with van der Waals surface area (Å²) in [6, 6.07) is 21.7. The van der Waals surface area contributed by atoms with Crippen LogP contribution in [-0.4, -0.2) is 12.7 Å². The van der Waals surface area contributed by atoms with E-state index in [9.17, 15) is 0 Å². The first-order valence-corrected chi connectivity index (χ1v) is 9.74. The molecule has 0 radical (unpaired) electrons. The second-order valence-corrected chi connectivity index (χ2v) is 7.13. The molecule has 1 heterocycles. The summed E-state index contributed by atoms with van der Waals surface area (Å²) < 4.78 is 6.32. The van der Waals surface area contributed by atoms with Gasteiger partial charge >= 0.3 is 0 Å². The Kier molecular flexibility index (Phi) is 6.47. The minimum absolute atomic E-state index is 0.0188. The second-order valence-electron chi connectivity index (χ2n) is 7.13. The van der Waals surface area contributed by atoms with Gasteiger partial charge in [-0.1, -0.05) is 92.6 Å². The Morgan fingerprint density at radius 1 is 0.960 bits per heavy atom. The van der Waals surface area contributed by atoms with Crippen LogP contribution in [0.15, 0.2) is 72.8 Å². The van der Waals surface area contributed by atoms with Crippen LogP contribution >= 0.6 is 0 Å². The molecule has 1 aliphatic heterocycles. The van der Waals surface area contributed by atoms with E-state index in [1.54, 1.807) is 0 Å². The molecule has 25 heavy (non-hydrogen) atoms. The SMILES string of the molecule is CCCCC/C=C/C1CCC(c2ccccc2)(c2ccccc2)CO1. The minimum atomic E-state index is -0.0188. The van der Waals surface area contributed by atoms with Gasteiger partial charge in [0.2, 0.25) is 0 Å². The van der Waals surface area contributed by atoms with Crippen molar-refractivity contribution >= 4 is 0 Å². The van der Waals surface area contributed by atoms with E-state index in [-0.39, 0.29) is 11.5 Å². The van der Waals surface area contributed by atoms with Crippen molar-refractivity contribution < 1.29 is 4.74 Å². The molecule has 1 unspecified atom stereocenters. The van der Waals surface area contributed by atoms with Gasteiger partial charge in [0.25, 0.3) is 0 Å². The van der Waals surface area contributed by atoms with Gasteiger partial charge in [-0.2, -0.15) is 0 Å². The van der Waals surface area contributed by atoms with Crippen LogP contribution in [-0.2, 0) is 10.2 Å². The van der Waals surface area contributed by atoms with E-state index in [2.05, 4.69) is 79.7 Å². The predicted octanol–water partition coefficient (Wildman–Crippen LogP) is 6.29. The van der Waals surface area contributed by atoms with Gasteiger partial charge in [0.15, 0.2) is 0 Å². The summed E-state index contributed by atoms with van der Waals surface area (Å²) in [5.41, 5.74) is 2.72. The fraction of sp³-hybridized carbons (Fsp3) is 0.417. The van der Waals surface area contributed by atoms with Crippen LogP contribution in [0.5, 0.6) is 0 Å². The molecular weight excluding hydrogens is 304 g/mol. The Bertz CT molecular complexity index is 595. The average molecular weight is 335 g/mol. The lowest BCUT2D eigenvalue weighted by molar-refractivity contribution is 0.00717. The third-order valence-corrected chi connectivity index (χ3v) is 5.38. The lowest BCUT2D eigenvalue weighted by atomic mass is 9.70. The van der Waals surface area contributed by atoms with Gasteiger partial charge in [-0.15, -0.1) is 0 Å². The number of hydrogen-bond donors (Lipinski definition) is 0. The molecule has 0 aliphatic carbocycles. The first-order valence-electron chi connectivity index (χ1n) is 9.74. The highest BCUT2D eigenvalue weighted by Gasteiger charge is 2.38. The summed E-state index contributed by atoms with van der Waals surface area (Å²) in [4.78, 5) is 0. The molecule has 0 amide bonds. The molecule has 132 valence electrons. The van der Waals surface area contributed by atoms with Crippen molar-refractivity contribution in [3.05, 3.63) is 83.9 Å². The van der Waals surface area contributed by atoms with Gasteiger partial charge in [0.1, 0.15) is 0 Å². The molecule has 2 aromatic carbocycles. The molecule has 1 heteroatoms. The molecule has 0 N–H and O–H groups in total. The molecule has 0 bridgehead atoms. The van der Waals surface area contributed by atoms with Crippen molar-refractivity contribution in [3.8, 4) is 0 Å². The summed E-state index contributed by atoms with van der Waals surface area (Å²) in [7, 11) is 0. The van der Waals surface area contributed by atoms with Crippen molar-refractivity contribution in [2.45, 2.75) is 57.0 Å². The van der Waals surface area contributed by atoms with Crippen LogP contribution in [0.3, 0.4) is 0 Å². The highest BCUT2D eigenvalue weighted by molar-refractivity contribution is 5.40. The standard InChI is InChI=1S/C24H30O/c1-2-3-4-5-12-17-23-18-19-24(20-25-23,21-13-8-6-9-14-21)22-15-10-7-11-16-22/h6-17,23H,2-5,18-20H2,1H3/b17-12+. The molecule has 2 aromatic rings. The van der Waals surface area contributed by atoms with E-state index in [0.29, 0.717) is 0 Å². The minimum Gasteiger partial charge on any atom is -0.373 e. The van der Waals surface area contributed by atoms with Gasteiger partial charge in [0, 0.05) is 5.41 Å².